The molecule has 0 unspecified atom stereocenters. The summed E-state index contributed by atoms with van der Waals surface area (Å²) in [5.41, 5.74) is 4.35. The van der Waals surface area contributed by atoms with Gasteiger partial charge in [-0.3, -0.25) is 4.90 Å². The van der Waals surface area contributed by atoms with Crippen molar-refractivity contribution in [1.29, 1.82) is 0 Å². The summed E-state index contributed by atoms with van der Waals surface area (Å²) in [6.45, 7) is 4.20. The van der Waals surface area contributed by atoms with E-state index < -0.39 is 0 Å². The smallest absolute Gasteiger partial charge is 0.139 e. The molecule has 0 aliphatic heterocycles. The van der Waals surface area contributed by atoms with Gasteiger partial charge in [-0.2, -0.15) is 0 Å². The fraction of sp³-hybridized carbons (Fsp3) is 0.316. The molecule has 5 heteroatoms. The number of aliphatic hydroxyl groups is 1. The Morgan fingerprint density at radius 3 is 2.79 bits per heavy atom. The van der Waals surface area contributed by atoms with Crippen LogP contribution in [0.1, 0.15) is 16.8 Å². The van der Waals surface area contributed by atoms with E-state index in [4.69, 9.17) is 4.74 Å². The fourth-order valence-electron chi connectivity index (χ4n) is 2.98. The Morgan fingerprint density at radius 1 is 1.17 bits per heavy atom. The largest absolute Gasteiger partial charge is 0.496 e. The topological polar surface area (TPSA) is 50.0 Å². The molecule has 0 amide bonds. The second-order valence-electron chi connectivity index (χ2n) is 5.88. The Bertz CT molecular complexity index is 813. The Morgan fingerprint density at radius 2 is 2.00 bits per heavy atom. The zero-order valence-electron chi connectivity index (χ0n) is 14.1. The molecule has 3 rings (SSSR count). The van der Waals surface area contributed by atoms with E-state index in [1.54, 1.807) is 7.11 Å². The number of nitrogens with zero attached hydrogens (tertiary/aromatic N) is 3. The molecular formula is C19H23N3O2. The highest BCUT2D eigenvalue weighted by Gasteiger charge is 2.13. The number of ether oxygens (including phenoxy) is 1. The molecule has 1 N–H and O–H groups in total. The first-order valence-corrected chi connectivity index (χ1v) is 8.09. The van der Waals surface area contributed by atoms with Crippen LogP contribution < -0.4 is 4.74 Å². The quantitative estimate of drug-likeness (QED) is 0.725. The third-order valence-electron chi connectivity index (χ3n) is 4.20. The number of para-hydroxylation sites is 1. The van der Waals surface area contributed by atoms with E-state index in [-0.39, 0.29) is 6.61 Å². The van der Waals surface area contributed by atoms with Gasteiger partial charge in [0.2, 0.25) is 0 Å². The maximum Gasteiger partial charge on any atom is 0.139 e. The van der Waals surface area contributed by atoms with E-state index in [2.05, 4.69) is 33.3 Å². The van der Waals surface area contributed by atoms with Crippen molar-refractivity contribution < 1.29 is 9.84 Å². The molecule has 0 radical (unpaired) electrons. The summed E-state index contributed by atoms with van der Waals surface area (Å²) < 4.78 is 7.55. The Hall–Kier alpha value is -2.37. The molecule has 24 heavy (non-hydrogen) atoms. The van der Waals surface area contributed by atoms with Gasteiger partial charge in [0, 0.05) is 31.4 Å². The molecule has 0 fully saturated rings. The lowest BCUT2D eigenvalue weighted by Gasteiger charge is -2.22. The number of pyridine rings is 1. The van der Waals surface area contributed by atoms with Crippen molar-refractivity contribution in [2.24, 2.45) is 0 Å². The van der Waals surface area contributed by atoms with Crippen LogP contribution in [-0.4, -0.2) is 39.7 Å². The van der Waals surface area contributed by atoms with Gasteiger partial charge in [0.05, 0.1) is 25.6 Å². The van der Waals surface area contributed by atoms with Crippen LogP contribution in [0.2, 0.25) is 0 Å². The van der Waals surface area contributed by atoms with E-state index in [0.29, 0.717) is 19.6 Å². The summed E-state index contributed by atoms with van der Waals surface area (Å²) in [6, 6.07) is 12.1. The number of hydrogen-bond donors (Lipinski definition) is 1. The highest BCUT2D eigenvalue weighted by atomic mass is 16.5. The Labute approximate surface area is 142 Å². The van der Waals surface area contributed by atoms with Crippen molar-refractivity contribution in [1.82, 2.24) is 14.3 Å². The van der Waals surface area contributed by atoms with Crippen molar-refractivity contribution in [3.63, 3.8) is 0 Å². The number of aromatic nitrogens is 2. The fourth-order valence-corrected chi connectivity index (χ4v) is 2.98. The standard InChI is InChI=1S/C19H23N3O2/c1-15-6-5-9-22-17(12-20-19(15)22)14-21(10-11-23)13-16-7-3-4-8-18(16)24-2/h3-9,12,23H,10-11,13-14H2,1-2H3. The summed E-state index contributed by atoms with van der Waals surface area (Å²) in [5, 5.41) is 9.43. The zero-order chi connectivity index (χ0) is 16.9. The van der Waals surface area contributed by atoms with Gasteiger partial charge >= 0.3 is 0 Å². The number of aryl methyl sites for hydroxylation is 1. The predicted molar refractivity (Wildman–Crippen MR) is 94.1 cm³/mol. The minimum atomic E-state index is 0.116. The van der Waals surface area contributed by atoms with E-state index in [0.717, 1.165) is 28.2 Å². The molecule has 0 spiro atoms. The molecule has 2 heterocycles. The van der Waals surface area contributed by atoms with Gasteiger partial charge in [0.25, 0.3) is 0 Å². The summed E-state index contributed by atoms with van der Waals surface area (Å²) in [4.78, 5) is 6.72. The molecule has 0 aliphatic rings. The number of fused-ring (bicyclic) bond motifs is 1. The van der Waals surface area contributed by atoms with Crippen molar-refractivity contribution in [3.8, 4) is 5.75 Å². The third-order valence-corrected chi connectivity index (χ3v) is 4.20. The molecule has 0 aliphatic carbocycles. The molecule has 0 saturated carbocycles. The van der Waals surface area contributed by atoms with Gasteiger partial charge in [0.15, 0.2) is 0 Å². The molecule has 1 aromatic carbocycles. The molecule has 126 valence electrons. The first-order chi connectivity index (χ1) is 11.7. The molecule has 0 saturated heterocycles. The van der Waals surface area contributed by atoms with Gasteiger partial charge in [-0.25, -0.2) is 4.98 Å². The Kier molecular flexibility index (Phi) is 5.13. The molecule has 3 aromatic rings. The van der Waals surface area contributed by atoms with Crippen LogP contribution in [0.5, 0.6) is 5.75 Å². The molecule has 5 nitrogen and oxygen atoms in total. The molecule has 0 bridgehead atoms. The number of aliphatic hydroxyl groups excluding tert-OH is 1. The van der Waals surface area contributed by atoms with Crippen molar-refractivity contribution in [3.05, 3.63) is 65.6 Å². The average molecular weight is 325 g/mol. The summed E-state index contributed by atoms with van der Waals surface area (Å²) in [7, 11) is 1.68. The maximum absolute atomic E-state index is 9.43. The number of hydrogen-bond acceptors (Lipinski definition) is 4. The van der Waals surface area contributed by atoms with E-state index >= 15 is 0 Å². The lowest BCUT2D eigenvalue weighted by molar-refractivity contribution is 0.181. The molecule has 2 aromatic heterocycles. The van der Waals surface area contributed by atoms with Crippen LogP contribution in [0, 0.1) is 6.92 Å². The number of methoxy groups -OCH3 is 1. The van der Waals surface area contributed by atoms with Gasteiger partial charge in [-0.15, -0.1) is 0 Å². The highest BCUT2D eigenvalue weighted by molar-refractivity contribution is 5.48. The van der Waals surface area contributed by atoms with E-state index in [1.165, 1.54) is 0 Å². The second-order valence-corrected chi connectivity index (χ2v) is 5.88. The zero-order valence-corrected chi connectivity index (χ0v) is 14.1. The maximum atomic E-state index is 9.43. The van der Waals surface area contributed by atoms with E-state index in [1.807, 2.05) is 36.7 Å². The van der Waals surface area contributed by atoms with Crippen LogP contribution in [0.25, 0.3) is 5.65 Å². The van der Waals surface area contributed by atoms with Gasteiger partial charge in [-0.05, 0) is 24.6 Å². The Balaban J connectivity index is 1.84. The van der Waals surface area contributed by atoms with Gasteiger partial charge < -0.3 is 14.2 Å². The lowest BCUT2D eigenvalue weighted by Crippen LogP contribution is -2.26. The van der Waals surface area contributed by atoms with Gasteiger partial charge in [-0.1, -0.05) is 24.3 Å². The first kappa shape index (κ1) is 16.5. The van der Waals surface area contributed by atoms with Crippen LogP contribution in [-0.2, 0) is 13.1 Å². The van der Waals surface area contributed by atoms with Crippen molar-refractivity contribution >= 4 is 5.65 Å². The second kappa shape index (κ2) is 7.47. The summed E-state index contributed by atoms with van der Waals surface area (Å²) >= 11 is 0. The van der Waals surface area contributed by atoms with Gasteiger partial charge in [0.1, 0.15) is 11.4 Å². The summed E-state index contributed by atoms with van der Waals surface area (Å²) in [5.74, 6) is 0.870. The lowest BCUT2D eigenvalue weighted by atomic mass is 10.2. The number of benzene rings is 1. The van der Waals surface area contributed by atoms with Crippen LogP contribution >= 0.6 is 0 Å². The number of imidazole rings is 1. The van der Waals surface area contributed by atoms with Crippen LogP contribution in [0.4, 0.5) is 0 Å². The van der Waals surface area contributed by atoms with Crippen molar-refractivity contribution in [2.45, 2.75) is 20.0 Å². The monoisotopic (exact) mass is 325 g/mol. The number of rotatable bonds is 7. The first-order valence-electron chi connectivity index (χ1n) is 8.09. The third kappa shape index (κ3) is 3.42. The molecular weight excluding hydrogens is 302 g/mol. The summed E-state index contributed by atoms with van der Waals surface area (Å²) in [6.07, 6.45) is 3.94. The van der Waals surface area contributed by atoms with E-state index in [9.17, 15) is 5.11 Å². The highest BCUT2D eigenvalue weighted by Crippen LogP contribution is 2.20. The SMILES string of the molecule is COc1ccccc1CN(CCO)Cc1cnc2c(C)cccn12. The van der Waals surface area contributed by atoms with Crippen molar-refractivity contribution in [2.75, 3.05) is 20.3 Å². The van der Waals surface area contributed by atoms with Crippen LogP contribution in [0.3, 0.4) is 0 Å². The molecule has 0 atom stereocenters. The van der Waals surface area contributed by atoms with Crippen LogP contribution in [0.15, 0.2) is 48.8 Å². The minimum Gasteiger partial charge on any atom is -0.496 e. The average Bonchev–Trinajstić information content (AvgIpc) is 3.00. The minimum absolute atomic E-state index is 0.116. The predicted octanol–water partition coefficient (Wildman–Crippen LogP) is 2.65. The normalized spacial score (nSPS) is 11.3.